The van der Waals surface area contributed by atoms with Gasteiger partial charge in [-0.05, 0) is 25.8 Å². The number of esters is 1. The van der Waals surface area contributed by atoms with Gasteiger partial charge in [-0.15, -0.1) is 0 Å². The van der Waals surface area contributed by atoms with E-state index in [0.717, 1.165) is 5.56 Å². The Morgan fingerprint density at radius 1 is 1.29 bits per heavy atom. The standard InChI is InChI=1S/C18H26O6/c1-12(23-18-16(20)10-15(19)13(2)24-18)8-9-17(21)22-11-14-6-4-3-5-7-14/h3-7,12-13,15-16,18-20H,8-11H2,1-2H3/t12-,13?,15-,16?,18-/m1/s1. The van der Waals surface area contributed by atoms with Crippen molar-refractivity contribution in [3.63, 3.8) is 0 Å². The Labute approximate surface area is 142 Å². The van der Waals surface area contributed by atoms with Crippen LogP contribution in [0.1, 0.15) is 38.7 Å². The third-order valence-electron chi connectivity index (χ3n) is 4.05. The first-order valence-electron chi connectivity index (χ1n) is 8.32. The highest BCUT2D eigenvalue weighted by molar-refractivity contribution is 5.69. The smallest absolute Gasteiger partial charge is 0.306 e. The molecule has 1 aromatic carbocycles. The molecule has 1 aliphatic heterocycles. The van der Waals surface area contributed by atoms with E-state index in [0.29, 0.717) is 6.42 Å². The molecule has 0 bridgehead atoms. The van der Waals surface area contributed by atoms with Crippen LogP contribution in [0.5, 0.6) is 0 Å². The molecule has 2 unspecified atom stereocenters. The van der Waals surface area contributed by atoms with Crippen LogP contribution in [0.15, 0.2) is 30.3 Å². The summed E-state index contributed by atoms with van der Waals surface area (Å²) in [5.74, 6) is -0.289. The molecular weight excluding hydrogens is 312 g/mol. The number of hydrogen-bond acceptors (Lipinski definition) is 6. The van der Waals surface area contributed by atoms with Crippen molar-refractivity contribution in [1.82, 2.24) is 0 Å². The molecule has 6 heteroatoms. The predicted molar refractivity (Wildman–Crippen MR) is 87.0 cm³/mol. The summed E-state index contributed by atoms with van der Waals surface area (Å²) < 4.78 is 16.3. The van der Waals surface area contributed by atoms with Gasteiger partial charge in [0.1, 0.15) is 12.7 Å². The van der Waals surface area contributed by atoms with E-state index in [-0.39, 0.29) is 37.6 Å². The maximum Gasteiger partial charge on any atom is 0.306 e. The van der Waals surface area contributed by atoms with E-state index in [1.165, 1.54) is 0 Å². The second-order valence-corrected chi connectivity index (χ2v) is 6.21. The van der Waals surface area contributed by atoms with Gasteiger partial charge in [0.05, 0.1) is 18.3 Å². The van der Waals surface area contributed by atoms with Gasteiger partial charge in [0, 0.05) is 12.8 Å². The molecule has 6 nitrogen and oxygen atoms in total. The lowest BCUT2D eigenvalue weighted by atomic mass is 10.0. The number of benzene rings is 1. The first-order chi connectivity index (χ1) is 11.5. The number of carbonyl (C=O) groups is 1. The molecule has 1 aliphatic rings. The third kappa shape index (κ3) is 5.87. The van der Waals surface area contributed by atoms with Crippen LogP contribution in [0, 0.1) is 0 Å². The predicted octanol–water partition coefficient (Wildman–Crippen LogP) is 1.77. The van der Waals surface area contributed by atoms with Crippen LogP contribution in [0.4, 0.5) is 0 Å². The average molecular weight is 338 g/mol. The molecule has 0 saturated carbocycles. The molecule has 5 atom stereocenters. The average Bonchev–Trinajstić information content (AvgIpc) is 2.57. The van der Waals surface area contributed by atoms with E-state index >= 15 is 0 Å². The van der Waals surface area contributed by atoms with Gasteiger partial charge in [0.15, 0.2) is 6.29 Å². The first-order valence-corrected chi connectivity index (χ1v) is 8.32. The van der Waals surface area contributed by atoms with Gasteiger partial charge >= 0.3 is 5.97 Å². The fraction of sp³-hybridized carbons (Fsp3) is 0.611. The topological polar surface area (TPSA) is 85.2 Å². The molecule has 0 amide bonds. The maximum absolute atomic E-state index is 11.8. The number of aliphatic hydroxyl groups excluding tert-OH is 2. The molecule has 24 heavy (non-hydrogen) atoms. The Morgan fingerprint density at radius 3 is 2.71 bits per heavy atom. The van der Waals surface area contributed by atoms with Gasteiger partial charge in [-0.3, -0.25) is 4.79 Å². The SMILES string of the molecule is CC1O[C@@H](O[C@H](C)CCC(=O)OCc2ccccc2)C(O)C[C@H]1O. The molecule has 0 radical (unpaired) electrons. The monoisotopic (exact) mass is 338 g/mol. The maximum atomic E-state index is 11.8. The van der Waals surface area contributed by atoms with Crippen molar-refractivity contribution in [1.29, 1.82) is 0 Å². The molecule has 1 fully saturated rings. The summed E-state index contributed by atoms with van der Waals surface area (Å²) in [5, 5.41) is 19.5. The van der Waals surface area contributed by atoms with Crippen LogP contribution in [-0.4, -0.2) is 46.9 Å². The van der Waals surface area contributed by atoms with Gasteiger partial charge in [0.2, 0.25) is 0 Å². The third-order valence-corrected chi connectivity index (χ3v) is 4.05. The molecular formula is C18H26O6. The fourth-order valence-corrected chi connectivity index (χ4v) is 2.49. The van der Waals surface area contributed by atoms with Gasteiger partial charge in [-0.25, -0.2) is 0 Å². The molecule has 2 N–H and O–H groups in total. The Kier molecular flexibility index (Phi) is 7.17. The second kappa shape index (κ2) is 9.13. The van der Waals surface area contributed by atoms with Gasteiger partial charge in [-0.2, -0.15) is 0 Å². The molecule has 0 spiro atoms. The molecule has 1 heterocycles. The largest absolute Gasteiger partial charge is 0.461 e. The quantitative estimate of drug-likeness (QED) is 0.737. The summed E-state index contributed by atoms with van der Waals surface area (Å²) in [7, 11) is 0. The molecule has 2 rings (SSSR count). The number of carbonyl (C=O) groups excluding carboxylic acids is 1. The fourth-order valence-electron chi connectivity index (χ4n) is 2.49. The molecule has 1 saturated heterocycles. The number of rotatable bonds is 7. The van der Waals surface area contributed by atoms with Crippen LogP contribution < -0.4 is 0 Å². The zero-order valence-corrected chi connectivity index (χ0v) is 14.1. The van der Waals surface area contributed by atoms with Gasteiger partial charge < -0.3 is 24.4 Å². The highest BCUT2D eigenvalue weighted by atomic mass is 16.7. The van der Waals surface area contributed by atoms with E-state index in [1.54, 1.807) is 6.92 Å². The van der Waals surface area contributed by atoms with E-state index in [2.05, 4.69) is 0 Å². The van der Waals surface area contributed by atoms with E-state index in [9.17, 15) is 15.0 Å². The van der Waals surface area contributed by atoms with E-state index < -0.39 is 18.5 Å². The normalized spacial score (nSPS) is 28.3. The van der Waals surface area contributed by atoms with Gasteiger partial charge in [0.25, 0.3) is 0 Å². The van der Waals surface area contributed by atoms with Crippen molar-refractivity contribution in [2.24, 2.45) is 0 Å². The van der Waals surface area contributed by atoms with Crippen molar-refractivity contribution in [3.05, 3.63) is 35.9 Å². The van der Waals surface area contributed by atoms with Gasteiger partial charge in [-0.1, -0.05) is 30.3 Å². The summed E-state index contributed by atoms with van der Waals surface area (Å²) in [6.45, 7) is 3.81. The minimum Gasteiger partial charge on any atom is -0.461 e. The molecule has 134 valence electrons. The summed E-state index contributed by atoms with van der Waals surface area (Å²) in [6, 6.07) is 9.50. The Balaban J connectivity index is 1.67. The summed E-state index contributed by atoms with van der Waals surface area (Å²) >= 11 is 0. The van der Waals surface area contributed by atoms with Crippen molar-refractivity contribution < 1.29 is 29.2 Å². The minimum absolute atomic E-state index is 0.220. The zero-order valence-electron chi connectivity index (χ0n) is 14.1. The Hall–Kier alpha value is -1.47. The number of ether oxygens (including phenoxy) is 3. The first kappa shape index (κ1) is 18.9. The number of hydrogen-bond donors (Lipinski definition) is 2. The Morgan fingerprint density at radius 2 is 2.00 bits per heavy atom. The molecule has 0 aromatic heterocycles. The summed E-state index contributed by atoms with van der Waals surface area (Å²) in [4.78, 5) is 11.8. The summed E-state index contributed by atoms with van der Waals surface area (Å²) in [5.41, 5.74) is 0.946. The zero-order chi connectivity index (χ0) is 17.5. The van der Waals surface area contributed by atoms with Crippen LogP contribution in [0.25, 0.3) is 0 Å². The van der Waals surface area contributed by atoms with Crippen LogP contribution in [0.3, 0.4) is 0 Å². The van der Waals surface area contributed by atoms with Crippen molar-refractivity contribution >= 4 is 5.97 Å². The highest BCUT2D eigenvalue weighted by Crippen LogP contribution is 2.22. The minimum atomic E-state index is -0.872. The van der Waals surface area contributed by atoms with Crippen LogP contribution >= 0.6 is 0 Å². The van der Waals surface area contributed by atoms with Crippen molar-refractivity contribution in [2.75, 3.05) is 0 Å². The second-order valence-electron chi connectivity index (χ2n) is 6.21. The lowest BCUT2D eigenvalue weighted by molar-refractivity contribution is -0.273. The highest BCUT2D eigenvalue weighted by Gasteiger charge is 2.35. The van der Waals surface area contributed by atoms with E-state index in [1.807, 2.05) is 37.3 Å². The molecule has 0 aliphatic carbocycles. The van der Waals surface area contributed by atoms with Crippen LogP contribution in [0.2, 0.25) is 0 Å². The number of aliphatic hydroxyl groups is 2. The lowest BCUT2D eigenvalue weighted by Crippen LogP contribution is -2.48. The van der Waals surface area contributed by atoms with Crippen LogP contribution in [-0.2, 0) is 25.6 Å². The van der Waals surface area contributed by atoms with Crippen molar-refractivity contribution in [2.45, 2.75) is 70.4 Å². The summed E-state index contributed by atoms with van der Waals surface area (Å²) in [6.07, 6.45) is -2.08. The van der Waals surface area contributed by atoms with Crippen molar-refractivity contribution in [3.8, 4) is 0 Å². The lowest BCUT2D eigenvalue weighted by Gasteiger charge is -2.36. The van der Waals surface area contributed by atoms with E-state index in [4.69, 9.17) is 14.2 Å². The molecule has 1 aromatic rings. The Bertz CT molecular complexity index is 505.